The zero-order valence-corrected chi connectivity index (χ0v) is 20.5. The lowest BCUT2D eigenvalue weighted by atomic mass is 9.43. The van der Waals surface area contributed by atoms with Crippen LogP contribution in [0.4, 0.5) is 0 Å². The molecule has 1 spiro atoms. The van der Waals surface area contributed by atoms with Crippen molar-refractivity contribution in [2.24, 2.45) is 28.4 Å². The Morgan fingerprint density at radius 2 is 1.88 bits per heavy atom. The lowest BCUT2D eigenvalue weighted by Gasteiger charge is -2.66. The van der Waals surface area contributed by atoms with E-state index in [1.54, 1.807) is 6.07 Å². The predicted octanol–water partition coefficient (Wildman–Crippen LogP) is 2.26. The topological polar surface area (TPSA) is 128 Å². The third kappa shape index (κ3) is 2.77. The summed E-state index contributed by atoms with van der Waals surface area (Å²) in [5.74, 6) is -0.351. The van der Waals surface area contributed by atoms with E-state index in [2.05, 4.69) is 24.5 Å². The molecule has 0 bridgehead atoms. The van der Waals surface area contributed by atoms with Crippen LogP contribution < -0.4 is 21.1 Å². The highest BCUT2D eigenvalue weighted by Crippen LogP contribution is 2.65. The van der Waals surface area contributed by atoms with Crippen molar-refractivity contribution in [3.8, 4) is 5.75 Å². The number of hydrogen-bond donors (Lipinski definition) is 3. The van der Waals surface area contributed by atoms with Crippen LogP contribution in [0.3, 0.4) is 0 Å². The number of carbonyl (C=O) groups excluding carboxylic acids is 4. The van der Waals surface area contributed by atoms with Crippen molar-refractivity contribution in [1.29, 1.82) is 0 Å². The summed E-state index contributed by atoms with van der Waals surface area (Å²) < 4.78 is 7.08. The van der Waals surface area contributed by atoms with Crippen LogP contribution >= 0.6 is 0 Å². The van der Waals surface area contributed by atoms with Gasteiger partial charge in [0.2, 0.25) is 11.8 Å². The van der Waals surface area contributed by atoms with Crippen molar-refractivity contribution in [2.75, 3.05) is 0 Å². The molecule has 1 aromatic rings. The summed E-state index contributed by atoms with van der Waals surface area (Å²) in [7, 11) is 0. The smallest absolute Gasteiger partial charge is 0.252 e. The molecule has 2 saturated carbocycles. The maximum absolute atomic E-state index is 13.5. The number of benzene rings is 1. The number of ketones is 1. The molecule has 2 aliphatic heterocycles. The Labute approximate surface area is 199 Å². The number of carbonyl (C=O) groups is 4. The molecule has 4 aliphatic rings. The molecule has 2 fully saturated rings. The fraction of sp³-hybridized carbons (Fsp3) is 0.615. The van der Waals surface area contributed by atoms with Gasteiger partial charge in [-0.1, -0.05) is 27.7 Å². The van der Waals surface area contributed by atoms with Gasteiger partial charge in [0.25, 0.3) is 5.91 Å². The average Bonchev–Trinajstić information content (AvgIpc) is 3.11. The van der Waals surface area contributed by atoms with Crippen LogP contribution in [-0.2, 0) is 22.6 Å². The quantitative estimate of drug-likeness (QED) is 0.615. The summed E-state index contributed by atoms with van der Waals surface area (Å²) in [5.41, 5.74) is 6.11. The summed E-state index contributed by atoms with van der Waals surface area (Å²) >= 11 is 0. The number of Topliss-reactive ketones (excluding diaryl/α,β-unsaturated/α-hetero) is 1. The van der Waals surface area contributed by atoms with Crippen molar-refractivity contribution < 1.29 is 23.9 Å². The Balaban J connectivity index is 1.76. The molecule has 1 aromatic carbocycles. The van der Waals surface area contributed by atoms with Crippen LogP contribution in [-0.4, -0.2) is 35.1 Å². The molecule has 3 amide bonds. The van der Waals surface area contributed by atoms with E-state index in [-0.39, 0.29) is 29.4 Å². The zero-order valence-electron chi connectivity index (χ0n) is 20.5. The minimum atomic E-state index is -0.752. The zero-order chi connectivity index (χ0) is 24.8. The van der Waals surface area contributed by atoms with Gasteiger partial charge in [0, 0.05) is 58.9 Å². The maximum atomic E-state index is 13.5. The molecule has 1 unspecified atom stereocenters. The van der Waals surface area contributed by atoms with Gasteiger partial charge in [-0.15, -0.1) is 0 Å². The van der Waals surface area contributed by atoms with Gasteiger partial charge < -0.3 is 21.1 Å². The number of hydrogen-bond acceptors (Lipinski definition) is 5. The third-order valence-corrected chi connectivity index (χ3v) is 9.46. The van der Waals surface area contributed by atoms with E-state index in [1.807, 2.05) is 13.8 Å². The molecule has 0 aromatic heterocycles. The van der Waals surface area contributed by atoms with Crippen LogP contribution in [0.5, 0.6) is 5.75 Å². The lowest BCUT2D eigenvalue weighted by Crippen LogP contribution is -2.74. The monoisotopic (exact) mass is 467 g/mol. The molecule has 182 valence electrons. The Bertz CT molecular complexity index is 1160. The van der Waals surface area contributed by atoms with Gasteiger partial charge in [0.05, 0.1) is 6.04 Å². The van der Waals surface area contributed by atoms with Gasteiger partial charge in [0.1, 0.15) is 11.4 Å². The molecular weight excluding hydrogens is 434 g/mol. The first-order valence-corrected chi connectivity index (χ1v) is 12.1. The van der Waals surface area contributed by atoms with Crippen molar-refractivity contribution in [2.45, 2.75) is 78.5 Å². The third-order valence-electron chi connectivity index (χ3n) is 9.46. The summed E-state index contributed by atoms with van der Waals surface area (Å²) in [6, 6.07) is 0.935. The van der Waals surface area contributed by atoms with E-state index < -0.39 is 28.4 Å². The minimum Gasteiger partial charge on any atom is -0.486 e. The Morgan fingerprint density at radius 1 is 1.18 bits per heavy atom. The van der Waals surface area contributed by atoms with E-state index in [4.69, 9.17) is 10.5 Å². The second kappa shape index (κ2) is 7.06. The lowest BCUT2D eigenvalue weighted by molar-refractivity contribution is -0.213. The van der Waals surface area contributed by atoms with E-state index >= 15 is 0 Å². The van der Waals surface area contributed by atoms with Crippen LogP contribution in [0.2, 0.25) is 0 Å². The first-order chi connectivity index (χ1) is 15.8. The fourth-order valence-corrected chi connectivity index (χ4v) is 7.49. The van der Waals surface area contributed by atoms with Crippen LogP contribution in [0.1, 0.15) is 85.7 Å². The Hall–Kier alpha value is -2.90. The first-order valence-electron chi connectivity index (χ1n) is 12.1. The normalized spacial score (nSPS) is 35.1. The number of primary amides is 1. The highest BCUT2D eigenvalue weighted by Gasteiger charge is 2.70. The predicted molar refractivity (Wildman–Crippen MR) is 124 cm³/mol. The van der Waals surface area contributed by atoms with Crippen molar-refractivity contribution in [3.05, 3.63) is 28.3 Å². The molecule has 0 radical (unpaired) electrons. The summed E-state index contributed by atoms with van der Waals surface area (Å²) in [5, 5.41) is 5.72. The van der Waals surface area contributed by atoms with Crippen LogP contribution in [0.25, 0.3) is 0 Å². The molecule has 5 atom stereocenters. The van der Waals surface area contributed by atoms with Crippen LogP contribution in [0.15, 0.2) is 6.07 Å². The summed E-state index contributed by atoms with van der Waals surface area (Å²) in [6.45, 7) is 10.0. The molecule has 2 aliphatic carbocycles. The van der Waals surface area contributed by atoms with Gasteiger partial charge in [-0.25, -0.2) is 0 Å². The molecule has 2 heterocycles. The number of nitrogens with two attached hydrogens (primary N) is 1. The second-order valence-electron chi connectivity index (χ2n) is 11.5. The highest BCUT2D eigenvalue weighted by molar-refractivity contribution is 6.04. The number of amides is 3. The molecule has 8 heteroatoms. The average molecular weight is 468 g/mol. The van der Waals surface area contributed by atoms with Gasteiger partial charge >= 0.3 is 0 Å². The van der Waals surface area contributed by atoms with Gasteiger partial charge in [-0.2, -0.15) is 0 Å². The number of rotatable bonds is 2. The Morgan fingerprint density at radius 3 is 2.53 bits per heavy atom. The summed E-state index contributed by atoms with van der Waals surface area (Å²) in [4.78, 5) is 50.5. The molecular formula is C26H33N3O5. The van der Waals surface area contributed by atoms with Gasteiger partial charge in [-0.3, -0.25) is 19.2 Å². The van der Waals surface area contributed by atoms with Gasteiger partial charge in [0.15, 0.2) is 5.78 Å². The van der Waals surface area contributed by atoms with Crippen molar-refractivity contribution in [1.82, 2.24) is 10.6 Å². The second-order valence-corrected chi connectivity index (χ2v) is 11.5. The summed E-state index contributed by atoms with van der Waals surface area (Å²) in [6.07, 6.45) is 2.67. The van der Waals surface area contributed by atoms with E-state index in [0.717, 1.165) is 24.0 Å². The van der Waals surface area contributed by atoms with Crippen molar-refractivity contribution >= 4 is 23.5 Å². The highest BCUT2D eigenvalue weighted by atomic mass is 16.5. The minimum absolute atomic E-state index is 0.0255. The number of ether oxygens (including phenoxy) is 1. The fourth-order valence-electron chi connectivity index (χ4n) is 7.49. The van der Waals surface area contributed by atoms with Crippen LogP contribution in [0, 0.1) is 22.7 Å². The maximum Gasteiger partial charge on any atom is 0.252 e. The van der Waals surface area contributed by atoms with Gasteiger partial charge in [-0.05, 0) is 31.2 Å². The van der Waals surface area contributed by atoms with Crippen molar-refractivity contribution in [3.63, 3.8) is 0 Å². The molecule has 5 rings (SSSR count). The molecule has 34 heavy (non-hydrogen) atoms. The molecule has 4 N–H and O–H groups in total. The molecule has 8 nitrogen and oxygen atoms in total. The SMILES string of the molecule is CC(=O)NC1C[C@@]23Oc4c(c(C(N)=O)cc5c4CNC5=O)C[C@]2(C)[C@@H](C)CC[C@H]3C(C)(C)C1=O. The first kappa shape index (κ1) is 22.9. The standard InChI is InChI=1S/C26H33N3O5/c1-12-6-7-19-24(3,4)21(31)18(29-13(2)30)10-26(19)25(12,5)9-16-14(22(27)32)8-15-17(20(16)34-26)11-28-23(15)33/h8,12,18-19H,6-7,9-11H2,1-5H3,(H2,27,32)(H,28,33)(H,29,30)/t12-,18?,19-,25+,26-/m0/s1. The largest absolute Gasteiger partial charge is 0.486 e. The number of fused-ring (bicyclic) bond motifs is 3. The Kier molecular flexibility index (Phi) is 4.75. The van der Waals surface area contributed by atoms with E-state index in [0.29, 0.717) is 36.3 Å². The van der Waals surface area contributed by atoms with E-state index in [1.165, 1.54) is 6.92 Å². The number of nitrogens with one attached hydrogen (secondary N) is 2. The molecule has 0 saturated heterocycles. The van der Waals surface area contributed by atoms with E-state index in [9.17, 15) is 19.2 Å².